The highest BCUT2D eigenvalue weighted by molar-refractivity contribution is 4.99. The van der Waals surface area contributed by atoms with Crippen molar-refractivity contribution in [3.63, 3.8) is 0 Å². The van der Waals surface area contributed by atoms with Gasteiger partial charge in [-0.05, 0) is 54.0 Å². The Kier molecular flexibility index (Phi) is 5.87. The Balaban J connectivity index is 1.79. The van der Waals surface area contributed by atoms with E-state index in [4.69, 9.17) is 4.74 Å². The molecular weight excluding hydrogens is 302 g/mol. The van der Waals surface area contributed by atoms with Gasteiger partial charge in [0.15, 0.2) is 5.82 Å². The van der Waals surface area contributed by atoms with Gasteiger partial charge < -0.3 is 4.74 Å². The number of aromatic nitrogens is 4. The lowest BCUT2D eigenvalue weighted by Crippen LogP contribution is -2.47. The third-order valence-corrected chi connectivity index (χ3v) is 5.96. The van der Waals surface area contributed by atoms with E-state index in [0.29, 0.717) is 24.0 Å². The third kappa shape index (κ3) is 3.80. The molecule has 2 aliphatic rings. The number of hydrogen-bond acceptors (Lipinski definition) is 5. The van der Waals surface area contributed by atoms with Gasteiger partial charge in [0, 0.05) is 13.7 Å². The van der Waals surface area contributed by atoms with E-state index in [-0.39, 0.29) is 0 Å². The minimum absolute atomic E-state index is 0.302. The minimum Gasteiger partial charge on any atom is -0.383 e. The third-order valence-electron chi connectivity index (χ3n) is 5.96. The fraction of sp³-hybridized carbons (Fsp3) is 0.944. The maximum atomic E-state index is 5.22. The molecule has 2 heterocycles. The number of rotatable bonds is 6. The van der Waals surface area contributed by atoms with Gasteiger partial charge in [-0.3, -0.25) is 4.90 Å². The fourth-order valence-electron chi connectivity index (χ4n) is 4.84. The summed E-state index contributed by atoms with van der Waals surface area (Å²) in [5.74, 6) is 1.51. The molecule has 6 heteroatoms. The molecule has 1 atom stereocenters. The summed E-state index contributed by atoms with van der Waals surface area (Å²) >= 11 is 0. The normalized spacial score (nSPS) is 23.0. The van der Waals surface area contributed by atoms with Gasteiger partial charge in [-0.2, -0.15) is 0 Å². The fourth-order valence-corrected chi connectivity index (χ4v) is 4.84. The van der Waals surface area contributed by atoms with Crippen LogP contribution in [0.5, 0.6) is 0 Å². The largest absolute Gasteiger partial charge is 0.383 e. The molecule has 1 aromatic rings. The molecule has 2 fully saturated rings. The monoisotopic (exact) mass is 335 g/mol. The summed E-state index contributed by atoms with van der Waals surface area (Å²) in [5, 5.41) is 12.6. The van der Waals surface area contributed by atoms with Crippen LogP contribution in [0.15, 0.2) is 0 Å². The van der Waals surface area contributed by atoms with Crippen LogP contribution in [-0.4, -0.2) is 51.9 Å². The first kappa shape index (κ1) is 17.8. The van der Waals surface area contributed by atoms with Crippen molar-refractivity contribution in [3.05, 3.63) is 5.82 Å². The lowest BCUT2D eigenvalue weighted by atomic mass is 9.69. The Morgan fingerprint density at radius 3 is 2.58 bits per heavy atom. The smallest absolute Gasteiger partial charge is 0.168 e. The van der Waals surface area contributed by atoms with Crippen molar-refractivity contribution < 1.29 is 4.74 Å². The van der Waals surface area contributed by atoms with E-state index < -0.39 is 0 Å². The lowest BCUT2D eigenvalue weighted by molar-refractivity contribution is 0.0107. The first-order chi connectivity index (χ1) is 11.7. The molecule has 1 saturated heterocycles. The van der Waals surface area contributed by atoms with Crippen molar-refractivity contribution >= 4 is 0 Å². The Morgan fingerprint density at radius 2 is 1.88 bits per heavy atom. The molecule has 1 aliphatic heterocycles. The molecule has 0 amide bonds. The predicted molar refractivity (Wildman–Crippen MR) is 93.6 cm³/mol. The van der Waals surface area contributed by atoms with Crippen LogP contribution in [0.2, 0.25) is 0 Å². The van der Waals surface area contributed by atoms with Crippen LogP contribution in [0.1, 0.15) is 70.7 Å². The molecule has 0 aromatic carbocycles. The highest BCUT2D eigenvalue weighted by atomic mass is 16.5. The molecule has 1 unspecified atom stereocenters. The van der Waals surface area contributed by atoms with Crippen LogP contribution in [0.4, 0.5) is 0 Å². The minimum atomic E-state index is 0.302. The first-order valence-corrected chi connectivity index (χ1v) is 9.64. The molecule has 6 nitrogen and oxygen atoms in total. The van der Waals surface area contributed by atoms with Gasteiger partial charge >= 0.3 is 0 Å². The number of tetrazole rings is 1. The molecule has 3 rings (SSSR count). The average molecular weight is 335 g/mol. The second-order valence-electron chi connectivity index (χ2n) is 8.08. The van der Waals surface area contributed by atoms with E-state index in [2.05, 4.69) is 34.3 Å². The maximum Gasteiger partial charge on any atom is 0.168 e. The molecule has 1 aliphatic carbocycles. The molecule has 0 N–H and O–H groups in total. The quantitative estimate of drug-likeness (QED) is 0.800. The number of piperidine rings is 1. The molecule has 0 bridgehead atoms. The first-order valence-electron chi connectivity index (χ1n) is 9.64. The molecule has 1 spiro atoms. The lowest BCUT2D eigenvalue weighted by Gasteiger charge is -2.48. The van der Waals surface area contributed by atoms with E-state index in [0.717, 1.165) is 12.4 Å². The van der Waals surface area contributed by atoms with E-state index >= 15 is 0 Å². The SMILES string of the molecule is COCCn1nnnc1C(C(C)C)N1CCCC2(CCCCC2)C1. The predicted octanol–water partition coefficient (Wildman–Crippen LogP) is 3.06. The molecule has 24 heavy (non-hydrogen) atoms. The van der Waals surface area contributed by atoms with Crippen LogP contribution in [0.3, 0.4) is 0 Å². The Labute approximate surface area is 145 Å². The van der Waals surface area contributed by atoms with Gasteiger partial charge in [0.05, 0.1) is 19.2 Å². The summed E-state index contributed by atoms with van der Waals surface area (Å²) in [5.41, 5.74) is 0.550. The van der Waals surface area contributed by atoms with Gasteiger partial charge in [-0.1, -0.05) is 33.1 Å². The zero-order chi connectivity index (χ0) is 17.0. The summed E-state index contributed by atoms with van der Waals surface area (Å²) in [4.78, 5) is 2.68. The van der Waals surface area contributed by atoms with Crippen molar-refractivity contribution in [1.29, 1.82) is 0 Å². The molecule has 0 radical (unpaired) electrons. The van der Waals surface area contributed by atoms with Crippen molar-refractivity contribution in [2.45, 2.75) is 71.4 Å². The highest BCUT2D eigenvalue weighted by Crippen LogP contribution is 2.45. The second-order valence-corrected chi connectivity index (χ2v) is 8.08. The second kappa shape index (κ2) is 7.91. The van der Waals surface area contributed by atoms with Crippen LogP contribution < -0.4 is 0 Å². The van der Waals surface area contributed by atoms with Gasteiger partial charge in [0.25, 0.3) is 0 Å². The standard InChI is InChI=1S/C18H33N5O/c1-15(2)16(17-19-20-21-23(17)12-13-24-3)22-11-7-10-18(14-22)8-5-4-6-9-18/h15-16H,4-14H2,1-3H3. The van der Waals surface area contributed by atoms with Gasteiger partial charge in [-0.25, -0.2) is 4.68 Å². The summed E-state index contributed by atoms with van der Waals surface area (Å²) < 4.78 is 7.16. The average Bonchev–Trinajstić information content (AvgIpc) is 3.01. The van der Waals surface area contributed by atoms with Gasteiger partial charge in [0.2, 0.25) is 0 Å². The van der Waals surface area contributed by atoms with E-state index in [1.165, 1.54) is 58.0 Å². The summed E-state index contributed by atoms with van der Waals surface area (Å²) in [6.07, 6.45) is 9.76. The van der Waals surface area contributed by atoms with E-state index in [1.54, 1.807) is 7.11 Å². The zero-order valence-corrected chi connectivity index (χ0v) is 15.6. The Bertz CT molecular complexity index is 504. The molecule has 1 saturated carbocycles. The van der Waals surface area contributed by atoms with Crippen LogP contribution in [-0.2, 0) is 11.3 Å². The van der Waals surface area contributed by atoms with Crippen molar-refractivity contribution in [2.75, 3.05) is 26.8 Å². The van der Waals surface area contributed by atoms with E-state index in [1.807, 2.05) is 4.68 Å². The van der Waals surface area contributed by atoms with Crippen LogP contribution >= 0.6 is 0 Å². The number of hydrogen-bond donors (Lipinski definition) is 0. The zero-order valence-electron chi connectivity index (χ0n) is 15.6. The Morgan fingerprint density at radius 1 is 1.12 bits per heavy atom. The van der Waals surface area contributed by atoms with Crippen molar-refractivity contribution in [2.24, 2.45) is 11.3 Å². The molecular formula is C18H33N5O. The summed E-state index contributed by atoms with van der Waals surface area (Å²) in [6.45, 7) is 8.34. The highest BCUT2D eigenvalue weighted by Gasteiger charge is 2.40. The number of likely N-dealkylation sites (tertiary alicyclic amines) is 1. The summed E-state index contributed by atoms with van der Waals surface area (Å²) in [6, 6.07) is 0.302. The molecule has 136 valence electrons. The molecule has 1 aromatic heterocycles. The van der Waals surface area contributed by atoms with Crippen molar-refractivity contribution in [1.82, 2.24) is 25.1 Å². The van der Waals surface area contributed by atoms with Gasteiger partial charge in [-0.15, -0.1) is 5.10 Å². The topological polar surface area (TPSA) is 56.1 Å². The maximum absolute atomic E-state index is 5.22. The van der Waals surface area contributed by atoms with Crippen LogP contribution in [0.25, 0.3) is 0 Å². The van der Waals surface area contributed by atoms with Crippen molar-refractivity contribution in [3.8, 4) is 0 Å². The number of nitrogens with zero attached hydrogens (tertiary/aromatic N) is 5. The van der Waals surface area contributed by atoms with Gasteiger partial charge in [0.1, 0.15) is 0 Å². The summed E-state index contributed by atoms with van der Waals surface area (Å²) in [7, 11) is 1.72. The number of ether oxygens (including phenoxy) is 1. The van der Waals surface area contributed by atoms with E-state index in [9.17, 15) is 0 Å². The number of methoxy groups -OCH3 is 1. The van der Waals surface area contributed by atoms with Crippen LogP contribution in [0, 0.1) is 11.3 Å². The Hall–Kier alpha value is -1.01.